The molecule has 3 fully saturated rings. The van der Waals surface area contributed by atoms with Crippen molar-refractivity contribution in [2.75, 3.05) is 33.2 Å². The molecule has 8 rings (SSSR count). The lowest BCUT2D eigenvalue weighted by Gasteiger charge is -2.63. The van der Waals surface area contributed by atoms with Crippen molar-refractivity contribution in [3.63, 3.8) is 0 Å². The molecule has 5 aliphatic rings. The fourth-order valence-corrected chi connectivity index (χ4v) is 9.21. The molecule has 2 saturated carbocycles. The largest absolute Gasteiger partial charge is 0.504 e. The number of aromatic hydroxyl groups is 1. The minimum absolute atomic E-state index is 0.0165. The summed E-state index contributed by atoms with van der Waals surface area (Å²) in [6, 6.07) is 22.9. The maximum atomic E-state index is 12.7. The number of aryl methyl sites for hydroxylation is 1. The van der Waals surface area contributed by atoms with Crippen LogP contribution in [0.1, 0.15) is 73.3 Å². The van der Waals surface area contributed by atoms with Crippen LogP contribution in [-0.4, -0.2) is 71.0 Å². The first-order chi connectivity index (χ1) is 22.4. The molecule has 1 spiro atoms. The van der Waals surface area contributed by atoms with Crippen molar-refractivity contribution in [1.29, 1.82) is 0 Å². The summed E-state index contributed by atoms with van der Waals surface area (Å²) in [5, 5.41) is 23.7. The maximum absolute atomic E-state index is 12.7. The first-order valence-corrected chi connectivity index (χ1v) is 17.5. The number of phenols is 1. The van der Waals surface area contributed by atoms with Gasteiger partial charge in [0.1, 0.15) is 18.0 Å². The first kappa shape index (κ1) is 30.0. The molecule has 46 heavy (non-hydrogen) atoms. The SMILES string of the molecule is Cc1ccc(OC(CCN(C)CC/C=C2/CC[C@@]3(O)[C@H]4Cc5ccc(O)c6c5[C@@]3(CCN4CC3CC3)C2O6)c2ccccc2)cc1. The van der Waals surface area contributed by atoms with E-state index in [2.05, 4.69) is 90.5 Å². The van der Waals surface area contributed by atoms with E-state index in [0.29, 0.717) is 5.75 Å². The Morgan fingerprint density at radius 3 is 2.63 bits per heavy atom. The highest BCUT2D eigenvalue weighted by Crippen LogP contribution is 2.66. The normalized spacial score (nSPS) is 29.4. The Morgan fingerprint density at radius 2 is 1.85 bits per heavy atom. The Kier molecular flexibility index (Phi) is 7.66. The number of nitrogens with zero attached hydrogens (tertiary/aromatic N) is 2. The van der Waals surface area contributed by atoms with Crippen molar-refractivity contribution in [3.05, 3.63) is 101 Å². The zero-order chi connectivity index (χ0) is 31.5. The van der Waals surface area contributed by atoms with E-state index in [0.717, 1.165) is 81.9 Å². The molecule has 2 N–H and O–H groups in total. The van der Waals surface area contributed by atoms with Gasteiger partial charge in [0.25, 0.3) is 0 Å². The number of hydrogen-bond donors (Lipinski definition) is 2. The lowest BCUT2D eigenvalue weighted by molar-refractivity contribution is -0.174. The van der Waals surface area contributed by atoms with Gasteiger partial charge in [-0.15, -0.1) is 0 Å². The highest BCUT2D eigenvalue weighted by atomic mass is 16.5. The lowest BCUT2D eigenvalue weighted by Crippen LogP contribution is -2.75. The first-order valence-electron chi connectivity index (χ1n) is 17.5. The van der Waals surface area contributed by atoms with Gasteiger partial charge < -0.3 is 24.6 Å². The van der Waals surface area contributed by atoms with Gasteiger partial charge in [-0.1, -0.05) is 60.2 Å². The Hall–Kier alpha value is -3.32. The van der Waals surface area contributed by atoms with Gasteiger partial charge in [-0.25, -0.2) is 0 Å². The van der Waals surface area contributed by atoms with Gasteiger partial charge >= 0.3 is 0 Å². The van der Waals surface area contributed by atoms with Gasteiger partial charge in [0.15, 0.2) is 11.5 Å². The van der Waals surface area contributed by atoms with Crippen LogP contribution in [0, 0.1) is 12.8 Å². The van der Waals surface area contributed by atoms with E-state index < -0.39 is 11.0 Å². The smallest absolute Gasteiger partial charge is 0.166 e. The molecule has 0 aromatic heterocycles. The van der Waals surface area contributed by atoms with E-state index in [1.165, 1.54) is 35.1 Å². The summed E-state index contributed by atoms with van der Waals surface area (Å²) < 4.78 is 13.2. The van der Waals surface area contributed by atoms with Gasteiger partial charge in [0, 0.05) is 37.7 Å². The second-order valence-corrected chi connectivity index (χ2v) is 14.7. The van der Waals surface area contributed by atoms with E-state index in [1.54, 1.807) is 6.07 Å². The minimum Gasteiger partial charge on any atom is -0.504 e. The maximum Gasteiger partial charge on any atom is 0.166 e. The van der Waals surface area contributed by atoms with Crippen molar-refractivity contribution < 1.29 is 19.7 Å². The number of hydrogen-bond acceptors (Lipinski definition) is 6. The number of rotatable bonds is 11. The van der Waals surface area contributed by atoms with Crippen LogP contribution in [0.4, 0.5) is 0 Å². The summed E-state index contributed by atoms with van der Waals surface area (Å²) >= 11 is 0. The molecule has 2 aliphatic heterocycles. The highest BCUT2D eigenvalue weighted by molar-refractivity contribution is 5.64. The molecule has 0 radical (unpaired) electrons. The van der Waals surface area contributed by atoms with E-state index >= 15 is 0 Å². The standard InChI is InChI=1S/C40H48N2O4/c1-27-10-15-32(16-11-27)45-34(29-7-4-3-5-8-29)19-23-41(2)22-6-9-30-18-20-40(44)35-25-31-14-17-33(43)37-36(31)39(40,38(30)46-37)21-24-42(35)26-28-12-13-28/h3-5,7-11,14-17,28,34-35,38,43-44H,6,12-13,18-26H2,1-2H3/b30-9-/t34?,35-,38?,39+,40-/m1/s1. The monoisotopic (exact) mass is 620 g/mol. The van der Waals surface area contributed by atoms with Crippen LogP contribution in [0.3, 0.4) is 0 Å². The van der Waals surface area contributed by atoms with Crippen molar-refractivity contribution in [1.82, 2.24) is 9.80 Å². The molecule has 3 aromatic carbocycles. The zero-order valence-electron chi connectivity index (χ0n) is 27.3. The van der Waals surface area contributed by atoms with Crippen LogP contribution < -0.4 is 9.47 Å². The van der Waals surface area contributed by atoms with E-state index in [9.17, 15) is 10.2 Å². The number of phenolic OH excluding ortho intramolecular Hbond substituents is 1. The number of aliphatic hydroxyl groups is 1. The fraction of sp³-hybridized carbons (Fsp3) is 0.500. The van der Waals surface area contributed by atoms with Crippen LogP contribution >= 0.6 is 0 Å². The molecule has 3 aliphatic carbocycles. The number of likely N-dealkylation sites (tertiary alicyclic amines) is 1. The Bertz CT molecular complexity index is 1600. The quantitative estimate of drug-likeness (QED) is 0.232. The summed E-state index contributed by atoms with van der Waals surface area (Å²) in [6.45, 7) is 6.03. The molecular weight excluding hydrogens is 572 g/mol. The van der Waals surface area contributed by atoms with Crippen LogP contribution in [0.5, 0.6) is 17.2 Å². The molecule has 1 saturated heterocycles. The van der Waals surface area contributed by atoms with Gasteiger partial charge in [0.2, 0.25) is 0 Å². The number of piperidine rings is 1. The minimum atomic E-state index is -0.838. The number of ether oxygens (including phenoxy) is 2. The summed E-state index contributed by atoms with van der Waals surface area (Å²) in [7, 11) is 2.19. The Balaban J connectivity index is 0.972. The third-order valence-corrected chi connectivity index (χ3v) is 11.8. The van der Waals surface area contributed by atoms with E-state index in [4.69, 9.17) is 9.47 Å². The fourth-order valence-electron chi connectivity index (χ4n) is 9.21. The topological polar surface area (TPSA) is 65.4 Å². The second kappa shape index (κ2) is 11.7. The number of benzene rings is 3. The van der Waals surface area contributed by atoms with Crippen LogP contribution in [0.25, 0.3) is 0 Å². The third-order valence-electron chi connectivity index (χ3n) is 11.8. The second-order valence-electron chi connectivity index (χ2n) is 14.7. The van der Waals surface area contributed by atoms with Crippen molar-refractivity contribution >= 4 is 0 Å². The Morgan fingerprint density at radius 1 is 1.04 bits per heavy atom. The van der Waals surface area contributed by atoms with Gasteiger partial charge in [-0.05, 0) is 106 Å². The molecule has 2 unspecified atom stereocenters. The van der Waals surface area contributed by atoms with Crippen molar-refractivity contribution in [2.45, 2.75) is 87.6 Å². The van der Waals surface area contributed by atoms with Crippen LogP contribution in [0.2, 0.25) is 0 Å². The molecule has 2 bridgehead atoms. The molecule has 242 valence electrons. The Labute approximate surface area is 273 Å². The van der Waals surface area contributed by atoms with Gasteiger partial charge in [0.05, 0.1) is 11.0 Å². The molecule has 2 heterocycles. The molecule has 0 amide bonds. The zero-order valence-corrected chi connectivity index (χ0v) is 27.3. The molecule has 6 nitrogen and oxygen atoms in total. The molecule has 5 atom stereocenters. The average Bonchev–Trinajstić information content (AvgIpc) is 3.81. The van der Waals surface area contributed by atoms with Crippen LogP contribution in [0.15, 0.2) is 78.4 Å². The summed E-state index contributed by atoms with van der Waals surface area (Å²) in [5.41, 5.74) is 4.76. The summed E-state index contributed by atoms with van der Waals surface area (Å²) in [4.78, 5) is 4.99. The predicted octanol–water partition coefficient (Wildman–Crippen LogP) is 6.72. The summed E-state index contributed by atoms with van der Waals surface area (Å²) in [5.74, 6) is 2.53. The van der Waals surface area contributed by atoms with E-state index in [-0.39, 0.29) is 24.0 Å². The molecule has 6 heteroatoms. The highest BCUT2D eigenvalue weighted by Gasteiger charge is 2.72. The predicted molar refractivity (Wildman–Crippen MR) is 181 cm³/mol. The van der Waals surface area contributed by atoms with Gasteiger partial charge in [-0.3, -0.25) is 4.90 Å². The molecular formula is C40H48N2O4. The van der Waals surface area contributed by atoms with Crippen molar-refractivity contribution in [3.8, 4) is 17.2 Å². The third kappa shape index (κ3) is 5.04. The van der Waals surface area contributed by atoms with E-state index in [1.807, 2.05) is 0 Å². The van der Waals surface area contributed by atoms with Crippen molar-refractivity contribution in [2.24, 2.45) is 5.92 Å². The lowest BCUT2D eigenvalue weighted by atomic mass is 9.48. The molecule has 3 aromatic rings. The van der Waals surface area contributed by atoms with Gasteiger partial charge in [-0.2, -0.15) is 0 Å². The summed E-state index contributed by atoms with van der Waals surface area (Å²) in [6.07, 6.45) is 9.91. The average molecular weight is 621 g/mol. The van der Waals surface area contributed by atoms with Crippen LogP contribution in [-0.2, 0) is 11.8 Å².